The van der Waals surface area contributed by atoms with E-state index >= 15 is 0 Å². The van der Waals surface area contributed by atoms with Crippen molar-refractivity contribution in [1.82, 2.24) is 10.2 Å². The van der Waals surface area contributed by atoms with Crippen molar-refractivity contribution in [2.45, 2.75) is 38.3 Å². The van der Waals surface area contributed by atoms with E-state index in [0.717, 1.165) is 11.1 Å². The molecule has 0 aliphatic carbocycles. The van der Waals surface area contributed by atoms with E-state index in [9.17, 15) is 4.79 Å². The van der Waals surface area contributed by atoms with Crippen LogP contribution in [0, 0.1) is 0 Å². The lowest BCUT2D eigenvalue weighted by molar-refractivity contribution is -0.124. The predicted molar refractivity (Wildman–Crippen MR) is 111 cm³/mol. The first-order chi connectivity index (χ1) is 13.8. The Bertz CT molecular complexity index is 934. The summed E-state index contributed by atoms with van der Waals surface area (Å²) >= 11 is 5.93. The van der Waals surface area contributed by atoms with Crippen molar-refractivity contribution in [3.63, 3.8) is 0 Å². The lowest BCUT2D eigenvalue weighted by atomic mass is 9.92. The van der Waals surface area contributed by atoms with Crippen LogP contribution in [0.15, 0.2) is 59.0 Å². The fourth-order valence-corrected chi connectivity index (χ4v) is 2.83. The van der Waals surface area contributed by atoms with Crippen molar-refractivity contribution in [2.75, 3.05) is 6.61 Å². The summed E-state index contributed by atoms with van der Waals surface area (Å²) < 4.78 is 11.7. The molecule has 0 aliphatic heterocycles. The first-order valence-electron chi connectivity index (χ1n) is 9.36. The van der Waals surface area contributed by atoms with Gasteiger partial charge < -0.3 is 14.9 Å². The van der Waals surface area contributed by atoms with Crippen LogP contribution in [0.1, 0.15) is 37.6 Å². The van der Waals surface area contributed by atoms with Crippen molar-refractivity contribution in [1.29, 1.82) is 0 Å². The molecule has 2 N–H and O–H groups in total. The molecule has 152 valence electrons. The molecule has 0 fully saturated rings. The van der Waals surface area contributed by atoms with Gasteiger partial charge in [-0.2, -0.15) is 0 Å². The van der Waals surface area contributed by atoms with E-state index in [-0.39, 0.29) is 24.7 Å². The molecule has 3 aromatic rings. The fraction of sp³-hybridized carbons (Fsp3) is 0.318. The van der Waals surface area contributed by atoms with Gasteiger partial charge in [0.1, 0.15) is 0 Å². The molecule has 0 radical (unpaired) electrons. The topological polar surface area (TPSA) is 91.2 Å². The smallest absolute Gasteiger partial charge is 0.247 e. The van der Waals surface area contributed by atoms with Gasteiger partial charge in [-0.15, -0.1) is 10.2 Å². The van der Waals surface area contributed by atoms with E-state index in [1.165, 1.54) is 0 Å². The first-order valence-corrected chi connectivity index (χ1v) is 9.74. The highest BCUT2D eigenvalue weighted by molar-refractivity contribution is 6.30. The molecule has 1 aromatic heterocycles. The molecule has 0 bridgehead atoms. The van der Waals surface area contributed by atoms with Gasteiger partial charge in [-0.1, -0.05) is 41.9 Å². The molecule has 0 saturated heterocycles. The third-order valence-corrected chi connectivity index (χ3v) is 4.71. The van der Waals surface area contributed by atoms with Crippen LogP contribution in [-0.2, 0) is 16.1 Å². The molecular formula is C22H24ClN3O3. The monoisotopic (exact) mass is 413 g/mol. The molecule has 29 heavy (non-hydrogen) atoms. The van der Waals surface area contributed by atoms with E-state index in [2.05, 4.69) is 10.2 Å². The fourth-order valence-electron chi connectivity index (χ4n) is 2.71. The number of benzene rings is 2. The van der Waals surface area contributed by atoms with Gasteiger partial charge in [-0.05, 0) is 43.7 Å². The molecule has 1 heterocycles. The van der Waals surface area contributed by atoms with Gasteiger partial charge in [-0.25, -0.2) is 0 Å². The van der Waals surface area contributed by atoms with E-state index in [1.807, 2.05) is 30.3 Å². The lowest BCUT2D eigenvalue weighted by Gasteiger charge is -2.20. The zero-order chi connectivity index (χ0) is 20.9. The molecule has 2 aromatic carbocycles. The summed E-state index contributed by atoms with van der Waals surface area (Å²) in [5.74, 6) is 0.226. The summed E-state index contributed by atoms with van der Waals surface area (Å²) in [7, 11) is 0. The van der Waals surface area contributed by atoms with Gasteiger partial charge in [-0.3, -0.25) is 4.79 Å². The largest absolute Gasteiger partial charge is 0.420 e. The van der Waals surface area contributed by atoms with Crippen LogP contribution in [0.5, 0.6) is 0 Å². The number of ether oxygens (including phenoxy) is 1. The Labute approximate surface area is 175 Å². The van der Waals surface area contributed by atoms with Crippen LogP contribution < -0.4 is 5.73 Å². The molecule has 3 rings (SSSR count). The molecule has 0 unspecified atom stereocenters. The standard InChI is InChI=1S/C22H24ClN3O3/c1-22(2,24)19(27)12-17(14-28-13-15-6-4-3-5-7-15)21-26-25-20(29-21)16-8-10-18(23)11-9-16/h3-11,17H,12-14,24H2,1-2H3/t17-/m1/s1. The second-order valence-corrected chi connectivity index (χ2v) is 7.94. The summed E-state index contributed by atoms with van der Waals surface area (Å²) in [4.78, 5) is 12.5. The van der Waals surface area contributed by atoms with Crippen molar-refractivity contribution >= 4 is 17.4 Å². The highest BCUT2D eigenvalue weighted by Gasteiger charge is 2.29. The third-order valence-electron chi connectivity index (χ3n) is 4.46. The maximum atomic E-state index is 12.5. The average Bonchev–Trinajstić information content (AvgIpc) is 3.18. The molecule has 0 amide bonds. The zero-order valence-corrected chi connectivity index (χ0v) is 17.2. The van der Waals surface area contributed by atoms with Gasteiger partial charge >= 0.3 is 0 Å². The molecule has 0 saturated carbocycles. The summed E-state index contributed by atoms with van der Waals surface area (Å²) in [6.07, 6.45) is 0.153. The Morgan fingerprint density at radius 3 is 2.48 bits per heavy atom. The number of rotatable bonds is 9. The maximum Gasteiger partial charge on any atom is 0.247 e. The van der Waals surface area contributed by atoms with Gasteiger partial charge in [0.25, 0.3) is 0 Å². The average molecular weight is 414 g/mol. The lowest BCUT2D eigenvalue weighted by Crippen LogP contribution is -2.42. The molecule has 6 nitrogen and oxygen atoms in total. The Balaban J connectivity index is 1.75. The quantitative estimate of drug-likeness (QED) is 0.559. The number of nitrogens with two attached hydrogens (primary N) is 1. The van der Waals surface area contributed by atoms with Crippen molar-refractivity contribution in [3.05, 3.63) is 71.1 Å². The summed E-state index contributed by atoms with van der Waals surface area (Å²) in [6.45, 7) is 4.06. The third kappa shape index (κ3) is 5.97. The zero-order valence-electron chi connectivity index (χ0n) is 16.5. The number of carbonyl (C=O) groups excluding carboxylic acids is 1. The van der Waals surface area contributed by atoms with Crippen LogP contribution >= 0.6 is 11.6 Å². The minimum atomic E-state index is -0.948. The number of carbonyl (C=O) groups is 1. The van der Waals surface area contributed by atoms with E-state index in [0.29, 0.717) is 23.4 Å². The van der Waals surface area contributed by atoms with Gasteiger partial charge in [0.05, 0.1) is 24.7 Å². The van der Waals surface area contributed by atoms with Gasteiger partial charge in [0.2, 0.25) is 11.8 Å². The molecule has 0 spiro atoms. The van der Waals surface area contributed by atoms with E-state index in [1.54, 1.807) is 38.1 Å². The van der Waals surface area contributed by atoms with Crippen LogP contribution in [0.4, 0.5) is 0 Å². The molecular weight excluding hydrogens is 390 g/mol. The predicted octanol–water partition coefficient (Wildman–Crippen LogP) is 4.39. The Morgan fingerprint density at radius 2 is 1.83 bits per heavy atom. The number of ketones is 1. The van der Waals surface area contributed by atoms with Crippen molar-refractivity contribution in [3.8, 4) is 11.5 Å². The highest BCUT2D eigenvalue weighted by Crippen LogP contribution is 2.26. The summed E-state index contributed by atoms with van der Waals surface area (Å²) in [5.41, 5.74) is 6.82. The minimum Gasteiger partial charge on any atom is -0.420 e. The maximum absolute atomic E-state index is 12.5. The van der Waals surface area contributed by atoms with Crippen LogP contribution in [0.25, 0.3) is 11.5 Å². The Morgan fingerprint density at radius 1 is 1.14 bits per heavy atom. The molecule has 0 aliphatic rings. The number of halogens is 1. The van der Waals surface area contributed by atoms with Crippen LogP contribution in [-0.4, -0.2) is 28.1 Å². The minimum absolute atomic E-state index is 0.0999. The van der Waals surface area contributed by atoms with Gasteiger partial charge in [0, 0.05) is 17.0 Å². The second-order valence-electron chi connectivity index (χ2n) is 7.50. The number of hydrogen-bond donors (Lipinski definition) is 1. The highest BCUT2D eigenvalue weighted by atomic mass is 35.5. The Kier molecular flexibility index (Phi) is 6.79. The number of hydrogen-bond acceptors (Lipinski definition) is 6. The normalized spacial score (nSPS) is 12.7. The number of aromatic nitrogens is 2. The van der Waals surface area contributed by atoms with Crippen LogP contribution in [0.2, 0.25) is 5.02 Å². The van der Waals surface area contributed by atoms with E-state index < -0.39 is 5.54 Å². The summed E-state index contributed by atoms with van der Waals surface area (Å²) in [6, 6.07) is 16.9. The Hall–Kier alpha value is -2.54. The number of Topliss-reactive ketones (excluding diaryl/α,β-unsaturated/α-hetero) is 1. The summed E-state index contributed by atoms with van der Waals surface area (Å²) in [5, 5.41) is 8.89. The molecule has 1 atom stereocenters. The second kappa shape index (κ2) is 9.31. The SMILES string of the molecule is CC(C)(N)C(=O)C[C@H](COCc1ccccc1)c1nnc(-c2ccc(Cl)cc2)o1. The van der Waals surface area contributed by atoms with E-state index in [4.69, 9.17) is 26.5 Å². The number of nitrogens with zero attached hydrogens (tertiary/aromatic N) is 2. The van der Waals surface area contributed by atoms with Gasteiger partial charge in [0.15, 0.2) is 5.78 Å². The van der Waals surface area contributed by atoms with Crippen molar-refractivity contribution < 1.29 is 13.9 Å². The van der Waals surface area contributed by atoms with Crippen LogP contribution in [0.3, 0.4) is 0 Å². The first kappa shape index (κ1) is 21.2. The molecule has 7 heteroatoms. The van der Waals surface area contributed by atoms with Crippen molar-refractivity contribution in [2.24, 2.45) is 5.73 Å².